The summed E-state index contributed by atoms with van der Waals surface area (Å²) in [6.07, 6.45) is 4.02. The summed E-state index contributed by atoms with van der Waals surface area (Å²) in [6, 6.07) is 17.7. The normalized spacial score (nSPS) is 20.0. The third-order valence-electron chi connectivity index (χ3n) is 3.86. The molecule has 1 aliphatic rings. The number of rotatable bonds is 2. The van der Waals surface area contributed by atoms with E-state index in [9.17, 15) is 0 Å². The van der Waals surface area contributed by atoms with E-state index in [2.05, 4.69) is 62.4 Å². The third-order valence-corrected chi connectivity index (χ3v) is 3.86. The minimum atomic E-state index is 0. The second kappa shape index (κ2) is 6.07. The SMILES string of the molecule is Cc1cccc(C)c1[N+]1(C)C=CN=C1c1[c-]cccc1.[Ir]. The van der Waals surface area contributed by atoms with Gasteiger partial charge >= 0.3 is 0 Å². The van der Waals surface area contributed by atoms with Gasteiger partial charge in [0.2, 0.25) is 0 Å². The van der Waals surface area contributed by atoms with Gasteiger partial charge in [0.1, 0.15) is 11.9 Å². The standard InChI is InChI=1S/C18H18N2.Ir/c1-14-8-7-9-15(2)17(14)20(3)13-12-19-18(20)16-10-5-4-6-11-16;/h4-10,12-13H,1-3H3;. The summed E-state index contributed by atoms with van der Waals surface area (Å²) >= 11 is 0. The van der Waals surface area contributed by atoms with Gasteiger partial charge in [-0.1, -0.05) is 23.8 Å². The molecule has 1 aliphatic heterocycles. The number of amidine groups is 1. The van der Waals surface area contributed by atoms with Gasteiger partial charge in [-0.25, -0.2) is 4.99 Å². The third kappa shape index (κ3) is 2.65. The second-order valence-electron chi connectivity index (χ2n) is 5.34. The first-order valence-corrected chi connectivity index (χ1v) is 6.79. The Morgan fingerprint density at radius 2 is 1.71 bits per heavy atom. The molecule has 0 aliphatic carbocycles. The number of hydrogen-bond acceptors (Lipinski definition) is 1. The van der Waals surface area contributed by atoms with Crippen molar-refractivity contribution < 1.29 is 20.1 Å². The van der Waals surface area contributed by atoms with E-state index in [0.29, 0.717) is 4.48 Å². The molecule has 2 nitrogen and oxygen atoms in total. The Hall–Kier alpha value is -1.54. The van der Waals surface area contributed by atoms with Crippen molar-refractivity contribution in [3.05, 3.63) is 77.6 Å². The summed E-state index contributed by atoms with van der Waals surface area (Å²) in [4.78, 5) is 4.59. The molecule has 21 heavy (non-hydrogen) atoms. The Morgan fingerprint density at radius 3 is 2.33 bits per heavy atom. The van der Waals surface area contributed by atoms with Crippen LogP contribution < -0.4 is 4.48 Å². The molecule has 1 heterocycles. The Labute approximate surface area is 139 Å². The topological polar surface area (TPSA) is 12.4 Å². The zero-order chi connectivity index (χ0) is 14.2. The van der Waals surface area contributed by atoms with Crippen LogP contribution in [0, 0.1) is 19.9 Å². The summed E-state index contributed by atoms with van der Waals surface area (Å²) in [6.45, 7) is 4.31. The van der Waals surface area contributed by atoms with Crippen LogP contribution in [0.4, 0.5) is 5.69 Å². The van der Waals surface area contributed by atoms with Gasteiger partial charge in [0.15, 0.2) is 5.84 Å². The summed E-state index contributed by atoms with van der Waals surface area (Å²) in [7, 11) is 2.18. The molecule has 0 amide bonds. The molecule has 3 rings (SSSR count). The molecule has 0 aromatic heterocycles. The maximum atomic E-state index is 4.59. The largest absolute Gasteiger partial charge is 0.253 e. The molecule has 0 bridgehead atoms. The minimum Gasteiger partial charge on any atom is -0.253 e. The van der Waals surface area contributed by atoms with Crippen molar-refractivity contribution in [3.63, 3.8) is 0 Å². The van der Waals surface area contributed by atoms with Crippen molar-refractivity contribution in [2.75, 3.05) is 7.05 Å². The number of benzene rings is 2. The van der Waals surface area contributed by atoms with Gasteiger partial charge in [0.05, 0.1) is 13.2 Å². The van der Waals surface area contributed by atoms with E-state index in [1.165, 1.54) is 16.8 Å². The number of para-hydroxylation sites is 1. The molecular formula is C18H18IrN2. The number of quaternary nitrogens is 1. The molecule has 1 radical (unpaired) electrons. The fourth-order valence-corrected chi connectivity index (χ4v) is 3.00. The van der Waals surface area contributed by atoms with Gasteiger partial charge in [-0.3, -0.25) is 4.48 Å². The molecule has 2 aromatic carbocycles. The molecule has 0 N–H and O–H groups in total. The van der Waals surface area contributed by atoms with Gasteiger partial charge in [-0.05, 0) is 13.8 Å². The van der Waals surface area contributed by atoms with Crippen molar-refractivity contribution in [3.8, 4) is 0 Å². The van der Waals surface area contributed by atoms with Crippen LogP contribution in [0.5, 0.6) is 0 Å². The molecule has 109 valence electrons. The first-order chi connectivity index (χ1) is 9.63. The van der Waals surface area contributed by atoms with Crippen molar-refractivity contribution in [1.82, 2.24) is 4.48 Å². The number of hydrogen-bond donors (Lipinski definition) is 0. The maximum absolute atomic E-state index is 4.59. The van der Waals surface area contributed by atoms with E-state index in [1.54, 1.807) is 0 Å². The predicted molar refractivity (Wildman–Crippen MR) is 84.6 cm³/mol. The van der Waals surface area contributed by atoms with Crippen molar-refractivity contribution in [2.45, 2.75) is 13.8 Å². The number of nitrogens with zero attached hydrogens (tertiary/aromatic N) is 2. The first-order valence-electron chi connectivity index (χ1n) is 6.79. The summed E-state index contributed by atoms with van der Waals surface area (Å²) in [5.41, 5.74) is 4.89. The van der Waals surface area contributed by atoms with Crippen LogP contribution in [0.25, 0.3) is 0 Å². The molecule has 0 saturated heterocycles. The van der Waals surface area contributed by atoms with Crippen molar-refractivity contribution >= 4 is 11.5 Å². The summed E-state index contributed by atoms with van der Waals surface area (Å²) in [5, 5.41) is 0. The van der Waals surface area contributed by atoms with Crippen molar-refractivity contribution in [1.29, 1.82) is 0 Å². The molecule has 0 spiro atoms. The predicted octanol–water partition coefficient (Wildman–Crippen LogP) is 3.97. The van der Waals surface area contributed by atoms with Gasteiger partial charge in [0.25, 0.3) is 0 Å². The minimum absolute atomic E-state index is 0. The van der Waals surface area contributed by atoms with Gasteiger partial charge < -0.3 is 0 Å². The zero-order valence-corrected chi connectivity index (χ0v) is 14.8. The van der Waals surface area contributed by atoms with Gasteiger partial charge in [-0.15, -0.1) is 30.3 Å². The molecule has 1 unspecified atom stereocenters. The van der Waals surface area contributed by atoms with E-state index in [0.717, 1.165) is 11.4 Å². The fourth-order valence-electron chi connectivity index (χ4n) is 3.00. The zero-order valence-electron chi connectivity index (χ0n) is 12.4. The Morgan fingerprint density at radius 1 is 1.00 bits per heavy atom. The number of aliphatic imine (C=N–C) groups is 1. The first kappa shape index (κ1) is 15.8. The van der Waals surface area contributed by atoms with Crippen LogP contribution in [-0.4, -0.2) is 12.9 Å². The smallest absolute Gasteiger partial charge is 0.163 e. The van der Waals surface area contributed by atoms with Crippen LogP contribution in [0.1, 0.15) is 16.7 Å². The Balaban J connectivity index is 0.00000161. The van der Waals surface area contributed by atoms with Crippen LogP contribution in [0.15, 0.2) is 59.9 Å². The second-order valence-corrected chi connectivity index (χ2v) is 5.34. The quantitative estimate of drug-likeness (QED) is 0.481. The van der Waals surface area contributed by atoms with E-state index < -0.39 is 0 Å². The average molecular weight is 455 g/mol. The Kier molecular flexibility index (Phi) is 4.57. The van der Waals surface area contributed by atoms with Crippen LogP contribution in [0.3, 0.4) is 0 Å². The van der Waals surface area contributed by atoms with E-state index in [1.807, 2.05) is 24.4 Å². The fraction of sp³-hybridized carbons (Fsp3) is 0.167. The molecule has 0 saturated carbocycles. The average Bonchev–Trinajstić information content (AvgIpc) is 2.82. The van der Waals surface area contributed by atoms with Crippen LogP contribution in [0.2, 0.25) is 0 Å². The number of aryl methyl sites for hydroxylation is 2. The molecular weight excluding hydrogens is 436 g/mol. The molecule has 3 heteroatoms. The van der Waals surface area contributed by atoms with Crippen LogP contribution in [-0.2, 0) is 20.1 Å². The molecule has 0 fully saturated rings. The maximum Gasteiger partial charge on any atom is 0.163 e. The van der Waals surface area contributed by atoms with E-state index >= 15 is 0 Å². The van der Waals surface area contributed by atoms with Gasteiger partial charge in [-0.2, -0.15) is 0 Å². The molecule has 2 aromatic rings. The van der Waals surface area contributed by atoms with Gasteiger partial charge in [0, 0.05) is 31.2 Å². The molecule has 1 atom stereocenters. The van der Waals surface area contributed by atoms with Crippen LogP contribution >= 0.6 is 0 Å². The van der Waals surface area contributed by atoms with Crippen molar-refractivity contribution in [2.24, 2.45) is 4.99 Å². The Bertz CT molecular complexity index is 684. The summed E-state index contributed by atoms with van der Waals surface area (Å²) in [5.74, 6) is 1.02. The monoisotopic (exact) mass is 455 g/mol. The van der Waals surface area contributed by atoms with E-state index in [-0.39, 0.29) is 20.1 Å². The summed E-state index contributed by atoms with van der Waals surface area (Å²) < 4.78 is 0.596. The van der Waals surface area contributed by atoms with E-state index in [4.69, 9.17) is 0 Å².